The second-order valence-corrected chi connectivity index (χ2v) is 3.94. The van der Waals surface area contributed by atoms with Gasteiger partial charge in [-0.25, -0.2) is 9.37 Å². The maximum absolute atomic E-state index is 12.9. The van der Waals surface area contributed by atoms with Crippen LogP contribution in [0.4, 0.5) is 4.39 Å². The van der Waals surface area contributed by atoms with Gasteiger partial charge in [0.2, 0.25) is 0 Å². The van der Waals surface area contributed by atoms with Crippen molar-refractivity contribution in [2.45, 2.75) is 6.61 Å². The molecule has 90 valence electrons. The van der Waals surface area contributed by atoms with Crippen molar-refractivity contribution < 1.29 is 9.13 Å². The molecule has 0 radical (unpaired) electrons. The van der Waals surface area contributed by atoms with Crippen molar-refractivity contribution in [3.63, 3.8) is 0 Å². The third kappa shape index (κ3) is 2.45. The van der Waals surface area contributed by atoms with E-state index in [1.807, 2.05) is 0 Å². The van der Waals surface area contributed by atoms with Crippen LogP contribution in [0.2, 0.25) is 5.02 Å². The number of hydrogen-bond donors (Lipinski definition) is 0. The summed E-state index contributed by atoms with van der Waals surface area (Å²) in [6.45, 7) is 0.363. The number of halogens is 2. The number of hydrogen-bond acceptors (Lipinski definition) is 3. The van der Waals surface area contributed by atoms with Crippen molar-refractivity contribution >= 4 is 11.6 Å². The highest BCUT2D eigenvalue weighted by molar-refractivity contribution is 6.33. The molecule has 0 spiro atoms. The van der Waals surface area contributed by atoms with Gasteiger partial charge in [-0.3, -0.25) is 4.68 Å². The quantitative estimate of drug-likeness (QED) is 0.846. The molecule has 0 aliphatic carbocycles. The van der Waals surface area contributed by atoms with Crippen molar-refractivity contribution in [1.82, 2.24) is 14.8 Å². The molecule has 4 nitrogen and oxygen atoms in total. The molecule has 6 heteroatoms. The summed E-state index contributed by atoms with van der Waals surface area (Å²) in [7, 11) is 3.35. The molecule has 0 saturated carbocycles. The monoisotopic (exact) mass is 255 g/mol. The summed E-state index contributed by atoms with van der Waals surface area (Å²) >= 11 is 5.94. The summed E-state index contributed by atoms with van der Waals surface area (Å²) in [5.41, 5.74) is 0.603. The molecule has 0 atom stereocenters. The summed E-state index contributed by atoms with van der Waals surface area (Å²) < 4.78 is 19.5. The van der Waals surface area contributed by atoms with Crippen molar-refractivity contribution in [3.05, 3.63) is 34.9 Å². The van der Waals surface area contributed by atoms with Crippen LogP contribution in [0.15, 0.2) is 18.2 Å². The Balaban J connectivity index is 2.42. The average Bonchev–Trinajstić information content (AvgIpc) is 2.60. The Hall–Kier alpha value is -1.46. The SMILES string of the molecule is COCc1nc(-c2ccc(F)cc2Cl)nn1C. The van der Waals surface area contributed by atoms with Gasteiger partial charge < -0.3 is 4.74 Å². The van der Waals surface area contributed by atoms with Crippen LogP contribution in [-0.2, 0) is 18.4 Å². The molecule has 1 aromatic carbocycles. The number of rotatable bonds is 3. The fraction of sp³-hybridized carbons (Fsp3) is 0.273. The van der Waals surface area contributed by atoms with E-state index in [0.29, 0.717) is 28.8 Å². The van der Waals surface area contributed by atoms with E-state index in [4.69, 9.17) is 16.3 Å². The Bertz CT molecular complexity index is 542. The molecule has 1 aromatic heterocycles. The first-order chi connectivity index (χ1) is 8.11. The maximum atomic E-state index is 12.9. The zero-order chi connectivity index (χ0) is 12.4. The first kappa shape index (κ1) is 12.0. The largest absolute Gasteiger partial charge is 0.377 e. The summed E-state index contributed by atoms with van der Waals surface area (Å²) in [4.78, 5) is 4.28. The topological polar surface area (TPSA) is 39.9 Å². The fourth-order valence-corrected chi connectivity index (χ4v) is 1.71. The van der Waals surface area contributed by atoms with Gasteiger partial charge in [0.15, 0.2) is 11.6 Å². The van der Waals surface area contributed by atoms with E-state index in [1.54, 1.807) is 24.9 Å². The Morgan fingerprint density at radius 2 is 2.24 bits per heavy atom. The normalized spacial score (nSPS) is 10.8. The number of benzene rings is 1. The maximum Gasteiger partial charge on any atom is 0.182 e. The lowest BCUT2D eigenvalue weighted by molar-refractivity contribution is 0.174. The number of ether oxygens (including phenoxy) is 1. The van der Waals surface area contributed by atoms with Gasteiger partial charge in [0.25, 0.3) is 0 Å². The highest BCUT2D eigenvalue weighted by Crippen LogP contribution is 2.26. The molecule has 0 N–H and O–H groups in total. The molecule has 1 heterocycles. The second-order valence-electron chi connectivity index (χ2n) is 3.53. The summed E-state index contributed by atoms with van der Waals surface area (Å²) in [5.74, 6) is 0.763. The van der Waals surface area contributed by atoms with Gasteiger partial charge in [-0.2, -0.15) is 5.10 Å². The van der Waals surface area contributed by atoms with E-state index in [9.17, 15) is 4.39 Å². The lowest BCUT2D eigenvalue weighted by Gasteiger charge is -1.98. The lowest BCUT2D eigenvalue weighted by Crippen LogP contribution is -2.00. The molecule has 17 heavy (non-hydrogen) atoms. The molecule has 2 aromatic rings. The van der Waals surface area contributed by atoms with Crippen molar-refractivity contribution in [2.75, 3.05) is 7.11 Å². The lowest BCUT2D eigenvalue weighted by atomic mass is 10.2. The van der Waals surface area contributed by atoms with Crippen molar-refractivity contribution in [2.24, 2.45) is 7.05 Å². The Labute approximate surface area is 103 Å². The predicted molar refractivity (Wildman–Crippen MR) is 62.1 cm³/mol. The smallest absolute Gasteiger partial charge is 0.182 e. The number of nitrogens with zero attached hydrogens (tertiary/aromatic N) is 3. The predicted octanol–water partition coefficient (Wildman–Crippen LogP) is 2.42. The van der Waals surface area contributed by atoms with Gasteiger partial charge in [0.1, 0.15) is 12.4 Å². The Morgan fingerprint density at radius 3 is 2.88 bits per heavy atom. The molecule has 0 saturated heterocycles. The number of methoxy groups -OCH3 is 1. The zero-order valence-electron chi connectivity index (χ0n) is 9.44. The van der Waals surface area contributed by atoms with Gasteiger partial charge in [0.05, 0.1) is 5.02 Å². The molecule has 2 rings (SSSR count). The molecular formula is C11H11ClFN3O. The summed E-state index contributed by atoms with van der Waals surface area (Å²) in [5, 5.41) is 4.50. The molecule has 0 amide bonds. The van der Waals surface area contributed by atoms with E-state index in [1.165, 1.54) is 12.1 Å². The zero-order valence-corrected chi connectivity index (χ0v) is 10.2. The number of aryl methyl sites for hydroxylation is 1. The van der Waals surface area contributed by atoms with Gasteiger partial charge in [-0.1, -0.05) is 11.6 Å². The van der Waals surface area contributed by atoms with Crippen LogP contribution < -0.4 is 0 Å². The van der Waals surface area contributed by atoms with Crippen LogP contribution in [0.25, 0.3) is 11.4 Å². The molecular weight excluding hydrogens is 245 g/mol. The molecule has 0 aliphatic heterocycles. The van der Waals surface area contributed by atoms with Crippen LogP contribution in [0.3, 0.4) is 0 Å². The minimum Gasteiger partial charge on any atom is -0.377 e. The minimum atomic E-state index is -0.383. The Kier molecular flexibility index (Phi) is 3.40. The van der Waals surface area contributed by atoms with Gasteiger partial charge in [0, 0.05) is 19.7 Å². The Morgan fingerprint density at radius 1 is 1.47 bits per heavy atom. The van der Waals surface area contributed by atoms with Crippen LogP contribution in [0.5, 0.6) is 0 Å². The minimum absolute atomic E-state index is 0.291. The highest BCUT2D eigenvalue weighted by Gasteiger charge is 2.12. The first-order valence-electron chi connectivity index (χ1n) is 4.96. The summed E-state index contributed by atoms with van der Waals surface area (Å²) in [6, 6.07) is 4.13. The van der Waals surface area contributed by atoms with Gasteiger partial charge >= 0.3 is 0 Å². The molecule has 0 bridgehead atoms. The third-order valence-corrected chi connectivity index (χ3v) is 2.61. The van der Waals surface area contributed by atoms with E-state index < -0.39 is 0 Å². The van der Waals surface area contributed by atoms with Gasteiger partial charge in [-0.05, 0) is 18.2 Å². The van der Waals surface area contributed by atoms with Gasteiger partial charge in [-0.15, -0.1) is 0 Å². The van der Waals surface area contributed by atoms with Crippen molar-refractivity contribution in [1.29, 1.82) is 0 Å². The van der Waals surface area contributed by atoms with E-state index in [0.717, 1.165) is 0 Å². The highest BCUT2D eigenvalue weighted by atomic mass is 35.5. The van der Waals surface area contributed by atoms with E-state index >= 15 is 0 Å². The standard InChI is InChI=1S/C11H11ClFN3O/c1-16-10(6-17-2)14-11(15-16)8-4-3-7(13)5-9(8)12/h3-5H,6H2,1-2H3. The first-order valence-corrected chi connectivity index (χ1v) is 5.34. The molecule has 0 unspecified atom stereocenters. The summed E-state index contributed by atoms with van der Waals surface area (Å²) in [6.07, 6.45) is 0. The van der Waals surface area contributed by atoms with E-state index in [2.05, 4.69) is 10.1 Å². The van der Waals surface area contributed by atoms with Crippen LogP contribution >= 0.6 is 11.6 Å². The fourth-order valence-electron chi connectivity index (χ4n) is 1.46. The van der Waals surface area contributed by atoms with Crippen molar-refractivity contribution in [3.8, 4) is 11.4 Å². The second kappa shape index (κ2) is 4.81. The van der Waals surface area contributed by atoms with Crippen LogP contribution in [0, 0.1) is 5.82 Å². The number of aromatic nitrogens is 3. The average molecular weight is 256 g/mol. The van der Waals surface area contributed by atoms with E-state index in [-0.39, 0.29) is 5.82 Å². The molecule has 0 fully saturated rings. The van der Waals surface area contributed by atoms with Crippen LogP contribution in [0.1, 0.15) is 5.82 Å². The molecule has 0 aliphatic rings. The van der Waals surface area contributed by atoms with Crippen LogP contribution in [-0.4, -0.2) is 21.9 Å². The third-order valence-electron chi connectivity index (χ3n) is 2.30.